The van der Waals surface area contributed by atoms with Gasteiger partial charge in [-0.3, -0.25) is 9.69 Å². The molecule has 9 rings (SSSR count). The van der Waals surface area contributed by atoms with Crippen molar-refractivity contribution >= 4 is 40.6 Å². The Morgan fingerprint density at radius 3 is 2.51 bits per heavy atom. The number of piperazine rings is 1. The Hall–Kier alpha value is -3.91. The number of aromatic nitrogens is 2. The Balaban J connectivity index is 1.34. The van der Waals surface area contributed by atoms with Crippen LogP contribution in [0.1, 0.15) is 24.0 Å². The maximum absolute atomic E-state index is 12.3. The molecule has 1 aromatic heterocycles. The predicted octanol–water partition coefficient (Wildman–Crippen LogP) is 3.90. The summed E-state index contributed by atoms with van der Waals surface area (Å²) in [6, 6.07) is 15.6. The third kappa shape index (κ3) is 7.35. The lowest BCUT2D eigenvalue weighted by Gasteiger charge is -2.34. The topological polar surface area (TPSA) is 118 Å². The summed E-state index contributed by atoms with van der Waals surface area (Å²) in [6.45, 7) is 6.43. The standard InChI is InChI=1S/C28H31ClN8O2/c29-24-16-23-6-7-25(24)39-15-1-9-31-26(38)8-10-36-11-13-37(14-12-36)19-20-2-4-22(5-3-20)33-27-21(17-30)18-32-28(34-23)35-27/h2-7,16,18H,1,8-15,19H2,(H,31,38)(H2,32,33,34,35). The van der Waals surface area contributed by atoms with Crippen molar-refractivity contribution in [3.8, 4) is 11.8 Å². The molecule has 2 aromatic carbocycles. The van der Waals surface area contributed by atoms with E-state index in [9.17, 15) is 10.1 Å². The zero-order valence-electron chi connectivity index (χ0n) is 21.6. The Labute approximate surface area is 232 Å². The largest absolute Gasteiger partial charge is 0.492 e. The van der Waals surface area contributed by atoms with E-state index in [0.717, 1.165) is 45.0 Å². The lowest BCUT2D eigenvalue weighted by atomic mass is 10.1. The zero-order valence-corrected chi connectivity index (χ0v) is 22.4. The number of hydrogen-bond acceptors (Lipinski definition) is 9. The molecule has 6 aliphatic rings. The number of nitriles is 1. The summed E-state index contributed by atoms with van der Waals surface area (Å²) in [5.41, 5.74) is 3.06. The molecule has 0 atom stereocenters. The van der Waals surface area contributed by atoms with Gasteiger partial charge in [-0.2, -0.15) is 10.2 Å². The second-order valence-electron chi connectivity index (χ2n) is 9.58. The van der Waals surface area contributed by atoms with Crippen LogP contribution < -0.4 is 20.7 Å². The number of carbonyl (C=O) groups excluding carboxylic acids is 1. The highest BCUT2D eigenvalue weighted by atomic mass is 35.5. The molecule has 0 unspecified atom stereocenters. The van der Waals surface area contributed by atoms with Crippen molar-refractivity contribution in [2.45, 2.75) is 19.4 Å². The molecule has 1 saturated heterocycles. The van der Waals surface area contributed by atoms with E-state index in [1.54, 1.807) is 12.1 Å². The van der Waals surface area contributed by atoms with Crippen LogP contribution in [-0.2, 0) is 11.3 Å². The summed E-state index contributed by atoms with van der Waals surface area (Å²) in [7, 11) is 0. The Morgan fingerprint density at radius 1 is 0.974 bits per heavy atom. The number of halogens is 1. The molecule has 202 valence electrons. The second kappa shape index (κ2) is 12.8. The summed E-state index contributed by atoms with van der Waals surface area (Å²) < 4.78 is 5.81. The molecule has 1 amide bonds. The van der Waals surface area contributed by atoms with Gasteiger partial charge in [-0.05, 0) is 42.3 Å². The third-order valence-electron chi connectivity index (χ3n) is 6.74. The van der Waals surface area contributed by atoms with Crippen LogP contribution in [0.3, 0.4) is 0 Å². The molecule has 3 N–H and O–H groups in total. The molecule has 0 aliphatic carbocycles. The van der Waals surface area contributed by atoms with Crippen LogP contribution in [-0.4, -0.2) is 71.6 Å². The summed E-state index contributed by atoms with van der Waals surface area (Å²) in [5.74, 6) is 1.36. The number of rotatable bonds is 0. The first-order chi connectivity index (χ1) is 19.1. The molecule has 10 nitrogen and oxygen atoms in total. The van der Waals surface area contributed by atoms with Crippen molar-refractivity contribution < 1.29 is 9.53 Å². The Bertz CT molecular complexity index is 1340. The molecule has 0 saturated carbocycles. The molecule has 0 radical (unpaired) electrons. The maximum Gasteiger partial charge on any atom is 0.229 e. The van der Waals surface area contributed by atoms with Gasteiger partial charge in [0.15, 0.2) is 5.82 Å². The van der Waals surface area contributed by atoms with Gasteiger partial charge in [0.2, 0.25) is 11.9 Å². The highest BCUT2D eigenvalue weighted by molar-refractivity contribution is 6.32. The third-order valence-corrected chi connectivity index (χ3v) is 7.04. The van der Waals surface area contributed by atoms with Crippen LogP contribution >= 0.6 is 11.6 Å². The number of benzene rings is 2. The molecular formula is C28H31ClN8O2. The number of carbonyl (C=O) groups is 1. The van der Waals surface area contributed by atoms with Crippen molar-refractivity contribution in [2.75, 3.05) is 56.5 Å². The smallest absolute Gasteiger partial charge is 0.229 e. The average molecular weight is 547 g/mol. The highest BCUT2D eigenvalue weighted by Crippen LogP contribution is 2.29. The number of anilines is 4. The number of amides is 1. The molecule has 0 spiro atoms. The minimum atomic E-state index is 0.0641. The fourth-order valence-corrected chi connectivity index (χ4v) is 4.77. The van der Waals surface area contributed by atoms with Gasteiger partial charge in [-0.1, -0.05) is 23.7 Å². The van der Waals surface area contributed by atoms with Crippen molar-refractivity contribution in [2.24, 2.45) is 0 Å². The second-order valence-corrected chi connectivity index (χ2v) is 9.99. The lowest BCUT2D eigenvalue weighted by molar-refractivity contribution is -0.121. The van der Waals surface area contributed by atoms with E-state index < -0.39 is 0 Å². The van der Waals surface area contributed by atoms with E-state index in [4.69, 9.17) is 16.3 Å². The van der Waals surface area contributed by atoms with Gasteiger partial charge >= 0.3 is 0 Å². The SMILES string of the molecule is N#Cc1cnc2nc1Nc1ccc(cc1)CN1CCN(CCC(=O)NCCCOc3ccc(cc3Cl)N2)CC1. The van der Waals surface area contributed by atoms with Crippen molar-refractivity contribution in [1.82, 2.24) is 25.1 Å². The lowest BCUT2D eigenvalue weighted by Crippen LogP contribution is -2.46. The van der Waals surface area contributed by atoms with Crippen LogP contribution in [0.25, 0.3) is 0 Å². The van der Waals surface area contributed by atoms with Crippen molar-refractivity contribution in [1.29, 1.82) is 5.26 Å². The molecule has 1 fully saturated rings. The van der Waals surface area contributed by atoms with Crippen LogP contribution in [0, 0.1) is 11.3 Å². The minimum absolute atomic E-state index is 0.0641. The van der Waals surface area contributed by atoms with E-state index in [2.05, 4.69) is 53.9 Å². The van der Waals surface area contributed by atoms with E-state index in [-0.39, 0.29) is 5.91 Å². The monoisotopic (exact) mass is 546 g/mol. The molecule has 7 heterocycles. The van der Waals surface area contributed by atoms with E-state index in [1.165, 1.54) is 11.8 Å². The normalized spacial score (nSPS) is 20.3. The summed E-state index contributed by atoms with van der Waals surface area (Å²) >= 11 is 6.44. The van der Waals surface area contributed by atoms with E-state index in [0.29, 0.717) is 59.8 Å². The molecule has 39 heavy (non-hydrogen) atoms. The number of nitrogens with one attached hydrogen (secondary N) is 3. The van der Waals surface area contributed by atoms with Crippen LogP contribution in [0.4, 0.5) is 23.1 Å². The van der Waals surface area contributed by atoms with Gasteiger partial charge in [-0.15, -0.1) is 0 Å². The molecular weight excluding hydrogens is 516 g/mol. The highest BCUT2D eigenvalue weighted by Gasteiger charge is 2.18. The first kappa shape index (κ1) is 26.7. The first-order valence-corrected chi connectivity index (χ1v) is 13.5. The Kier molecular flexibility index (Phi) is 8.73. The number of nitrogens with zero attached hydrogens (tertiary/aromatic N) is 5. The fraction of sp³-hybridized carbons (Fsp3) is 0.357. The van der Waals surface area contributed by atoms with Gasteiger partial charge in [0, 0.05) is 63.6 Å². The molecule has 3 aromatic rings. The van der Waals surface area contributed by atoms with Gasteiger partial charge < -0.3 is 25.6 Å². The summed E-state index contributed by atoms with van der Waals surface area (Å²) in [4.78, 5) is 25.9. The minimum Gasteiger partial charge on any atom is -0.492 e. The van der Waals surface area contributed by atoms with Crippen molar-refractivity contribution in [3.63, 3.8) is 0 Å². The van der Waals surface area contributed by atoms with Crippen LogP contribution in [0.15, 0.2) is 48.7 Å². The van der Waals surface area contributed by atoms with Crippen molar-refractivity contribution in [3.05, 3.63) is 64.8 Å². The number of hydrogen-bond donors (Lipinski definition) is 3. The Morgan fingerprint density at radius 2 is 1.74 bits per heavy atom. The predicted molar refractivity (Wildman–Crippen MR) is 151 cm³/mol. The fourth-order valence-electron chi connectivity index (χ4n) is 4.53. The molecule has 6 aliphatic heterocycles. The quantitative estimate of drug-likeness (QED) is 0.386. The van der Waals surface area contributed by atoms with Gasteiger partial charge in [-0.25, -0.2) is 4.98 Å². The number of fused-ring (bicyclic) bond motifs is 1. The average Bonchev–Trinajstić information content (AvgIpc) is 2.94. The number of ether oxygens (including phenoxy) is 1. The van der Waals surface area contributed by atoms with Crippen LogP contribution in [0.2, 0.25) is 5.02 Å². The zero-order chi connectivity index (χ0) is 27.0. The van der Waals surface area contributed by atoms with Gasteiger partial charge in [0.05, 0.1) is 17.8 Å². The molecule has 8 bridgehead atoms. The maximum atomic E-state index is 12.3. The summed E-state index contributed by atoms with van der Waals surface area (Å²) in [6.07, 6.45) is 2.66. The van der Waals surface area contributed by atoms with E-state index >= 15 is 0 Å². The van der Waals surface area contributed by atoms with Gasteiger partial charge in [0.1, 0.15) is 17.4 Å². The summed E-state index contributed by atoms with van der Waals surface area (Å²) in [5, 5.41) is 19.4. The first-order valence-electron chi connectivity index (χ1n) is 13.1. The van der Waals surface area contributed by atoms with E-state index in [1.807, 2.05) is 18.2 Å². The van der Waals surface area contributed by atoms with Gasteiger partial charge in [0.25, 0.3) is 0 Å². The molecule has 11 heteroatoms. The van der Waals surface area contributed by atoms with Crippen LogP contribution in [0.5, 0.6) is 5.75 Å².